The summed E-state index contributed by atoms with van der Waals surface area (Å²) in [6.07, 6.45) is 0. The van der Waals surface area contributed by atoms with Crippen molar-refractivity contribution in [3.8, 4) is 5.75 Å². The number of carbonyl (C=O) groups is 1. The number of amides is 1. The molecule has 3 N–H and O–H groups in total. The Morgan fingerprint density at radius 3 is 2.54 bits per heavy atom. The van der Waals surface area contributed by atoms with Gasteiger partial charge in [0.1, 0.15) is 12.4 Å². The van der Waals surface area contributed by atoms with Crippen molar-refractivity contribution in [1.29, 1.82) is 0 Å². The normalized spacial score (nSPS) is 10.1. The molecule has 24 heavy (non-hydrogen) atoms. The fraction of sp³-hybridized carbons (Fsp3) is 0.278. The smallest absolute Gasteiger partial charge is 0.251 e. The van der Waals surface area contributed by atoms with Gasteiger partial charge >= 0.3 is 0 Å². The quantitative estimate of drug-likeness (QED) is 0.754. The molecule has 0 saturated carbocycles. The molecule has 0 aliphatic heterocycles. The first-order chi connectivity index (χ1) is 11.0. The summed E-state index contributed by atoms with van der Waals surface area (Å²) in [7, 11) is 4.01. The van der Waals surface area contributed by atoms with Gasteiger partial charge < -0.3 is 20.7 Å². The van der Waals surface area contributed by atoms with Gasteiger partial charge in [0.2, 0.25) is 0 Å². The summed E-state index contributed by atoms with van der Waals surface area (Å²) in [4.78, 5) is 14.1. The first-order valence-electron chi connectivity index (χ1n) is 7.55. The molecular weight excluding hydrogens is 326 g/mol. The van der Waals surface area contributed by atoms with Gasteiger partial charge in [-0.15, -0.1) is 12.4 Å². The summed E-state index contributed by atoms with van der Waals surface area (Å²) >= 11 is 0. The van der Waals surface area contributed by atoms with Gasteiger partial charge in [-0.05, 0) is 56.1 Å². The molecule has 0 fully saturated rings. The molecule has 0 heterocycles. The third kappa shape index (κ3) is 6.48. The van der Waals surface area contributed by atoms with Crippen molar-refractivity contribution >= 4 is 24.0 Å². The van der Waals surface area contributed by atoms with Crippen molar-refractivity contribution in [1.82, 2.24) is 10.2 Å². The van der Waals surface area contributed by atoms with Gasteiger partial charge in [-0.1, -0.05) is 12.1 Å². The molecule has 130 valence electrons. The fourth-order valence-corrected chi connectivity index (χ4v) is 2.01. The Hall–Kier alpha value is -2.24. The van der Waals surface area contributed by atoms with Gasteiger partial charge in [0.25, 0.3) is 5.91 Å². The van der Waals surface area contributed by atoms with E-state index < -0.39 is 0 Å². The molecule has 5 nitrogen and oxygen atoms in total. The number of anilines is 1. The van der Waals surface area contributed by atoms with E-state index in [1.54, 1.807) is 24.3 Å². The Labute approximate surface area is 149 Å². The Balaban J connectivity index is 0.00000288. The van der Waals surface area contributed by atoms with Crippen LogP contribution in [0.2, 0.25) is 0 Å². The minimum absolute atomic E-state index is 0. The predicted molar refractivity (Wildman–Crippen MR) is 99.8 cm³/mol. The highest BCUT2D eigenvalue weighted by Gasteiger charge is 2.05. The van der Waals surface area contributed by atoms with E-state index in [-0.39, 0.29) is 18.3 Å². The zero-order valence-electron chi connectivity index (χ0n) is 14.0. The number of nitrogen functional groups attached to an aromatic ring is 1. The van der Waals surface area contributed by atoms with Crippen LogP contribution in [0.25, 0.3) is 0 Å². The number of rotatable bonds is 7. The summed E-state index contributed by atoms with van der Waals surface area (Å²) in [5.41, 5.74) is 7.85. The minimum Gasteiger partial charge on any atom is -0.492 e. The highest BCUT2D eigenvalue weighted by atomic mass is 35.5. The Morgan fingerprint density at radius 2 is 1.88 bits per heavy atom. The van der Waals surface area contributed by atoms with E-state index in [0.29, 0.717) is 24.4 Å². The van der Waals surface area contributed by atoms with Crippen LogP contribution in [0, 0.1) is 0 Å². The van der Waals surface area contributed by atoms with E-state index in [4.69, 9.17) is 10.5 Å². The number of hydrogen-bond acceptors (Lipinski definition) is 4. The van der Waals surface area contributed by atoms with Crippen molar-refractivity contribution in [3.05, 3.63) is 59.7 Å². The van der Waals surface area contributed by atoms with Gasteiger partial charge in [-0.25, -0.2) is 0 Å². The second-order valence-electron chi connectivity index (χ2n) is 5.60. The lowest BCUT2D eigenvalue weighted by molar-refractivity contribution is 0.0951. The van der Waals surface area contributed by atoms with Crippen LogP contribution < -0.4 is 15.8 Å². The van der Waals surface area contributed by atoms with Crippen molar-refractivity contribution in [2.75, 3.05) is 33.0 Å². The number of carbonyl (C=O) groups excluding carboxylic acids is 1. The van der Waals surface area contributed by atoms with Gasteiger partial charge in [-0.2, -0.15) is 0 Å². The number of ether oxygens (including phenoxy) is 1. The molecule has 0 bridgehead atoms. The van der Waals surface area contributed by atoms with Crippen LogP contribution in [0.3, 0.4) is 0 Å². The first kappa shape index (κ1) is 19.8. The lowest BCUT2D eigenvalue weighted by Crippen LogP contribution is -2.22. The van der Waals surface area contributed by atoms with E-state index in [2.05, 4.69) is 10.2 Å². The second kappa shape index (κ2) is 9.80. The zero-order chi connectivity index (χ0) is 16.7. The maximum atomic E-state index is 12.1. The number of halogens is 1. The third-order valence-electron chi connectivity index (χ3n) is 3.33. The Bertz CT molecular complexity index is 645. The van der Waals surface area contributed by atoms with Crippen molar-refractivity contribution in [2.24, 2.45) is 0 Å². The fourth-order valence-electron chi connectivity index (χ4n) is 2.01. The monoisotopic (exact) mass is 349 g/mol. The standard InChI is InChI=1S/C18H23N3O2.ClH/c1-21(2)10-11-23-17-5-3-4-14(12-17)13-20-18(22)15-6-8-16(19)9-7-15;/h3-9,12H,10-11,13,19H2,1-2H3,(H,20,22);1H. The third-order valence-corrected chi connectivity index (χ3v) is 3.33. The van der Waals surface area contributed by atoms with E-state index in [1.807, 2.05) is 38.4 Å². The summed E-state index contributed by atoms with van der Waals surface area (Å²) in [5, 5.41) is 2.89. The largest absolute Gasteiger partial charge is 0.492 e. The van der Waals surface area contributed by atoms with Crippen molar-refractivity contribution < 1.29 is 9.53 Å². The van der Waals surface area contributed by atoms with Crippen LogP contribution in [-0.4, -0.2) is 38.1 Å². The molecule has 0 atom stereocenters. The first-order valence-corrected chi connectivity index (χ1v) is 7.55. The Kier molecular flexibility index (Phi) is 8.09. The van der Waals surface area contributed by atoms with E-state index in [0.717, 1.165) is 17.9 Å². The Morgan fingerprint density at radius 1 is 1.17 bits per heavy atom. The SMILES string of the molecule is CN(C)CCOc1cccc(CNC(=O)c2ccc(N)cc2)c1.Cl. The molecule has 0 aromatic heterocycles. The molecule has 1 amide bonds. The minimum atomic E-state index is -0.121. The van der Waals surface area contributed by atoms with Gasteiger partial charge in [-0.3, -0.25) is 4.79 Å². The number of benzene rings is 2. The molecule has 2 rings (SSSR count). The predicted octanol–water partition coefficient (Wildman–Crippen LogP) is 2.56. The maximum Gasteiger partial charge on any atom is 0.251 e. The lowest BCUT2D eigenvalue weighted by Gasteiger charge is -2.12. The lowest BCUT2D eigenvalue weighted by atomic mass is 10.1. The summed E-state index contributed by atoms with van der Waals surface area (Å²) < 4.78 is 5.69. The highest BCUT2D eigenvalue weighted by Crippen LogP contribution is 2.13. The summed E-state index contributed by atoms with van der Waals surface area (Å²) in [5.74, 6) is 0.690. The number of nitrogens with one attached hydrogen (secondary N) is 1. The highest BCUT2D eigenvalue weighted by molar-refractivity contribution is 5.94. The molecule has 0 spiro atoms. The van der Waals surface area contributed by atoms with Crippen LogP contribution in [0.15, 0.2) is 48.5 Å². The van der Waals surface area contributed by atoms with Crippen LogP contribution in [0.1, 0.15) is 15.9 Å². The maximum absolute atomic E-state index is 12.1. The van der Waals surface area contributed by atoms with Crippen molar-refractivity contribution in [3.63, 3.8) is 0 Å². The molecule has 0 saturated heterocycles. The number of nitrogens with two attached hydrogens (primary N) is 1. The molecule has 0 aliphatic carbocycles. The average molecular weight is 350 g/mol. The van der Waals surface area contributed by atoms with Gasteiger partial charge in [0.05, 0.1) is 0 Å². The van der Waals surface area contributed by atoms with E-state index in [1.165, 1.54) is 0 Å². The van der Waals surface area contributed by atoms with Gasteiger partial charge in [0, 0.05) is 24.3 Å². The zero-order valence-corrected chi connectivity index (χ0v) is 14.8. The number of likely N-dealkylation sites (N-methyl/N-ethyl adjacent to an activating group) is 1. The molecule has 2 aromatic rings. The molecule has 0 unspecified atom stereocenters. The van der Waals surface area contributed by atoms with Crippen LogP contribution in [-0.2, 0) is 6.54 Å². The summed E-state index contributed by atoms with van der Waals surface area (Å²) in [6, 6.07) is 14.6. The molecule has 6 heteroatoms. The van der Waals surface area contributed by atoms with Crippen LogP contribution >= 0.6 is 12.4 Å². The van der Waals surface area contributed by atoms with Gasteiger partial charge in [0.15, 0.2) is 0 Å². The van der Waals surface area contributed by atoms with Crippen LogP contribution in [0.4, 0.5) is 5.69 Å². The van der Waals surface area contributed by atoms with Crippen molar-refractivity contribution in [2.45, 2.75) is 6.54 Å². The molecular formula is C18H24ClN3O2. The second-order valence-corrected chi connectivity index (χ2v) is 5.60. The average Bonchev–Trinajstić information content (AvgIpc) is 2.53. The van der Waals surface area contributed by atoms with Crippen LogP contribution in [0.5, 0.6) is 5.75 Å². The number of hydrogen-bond donors (Lipinski definition) is 2. The topological polar surface area (TPSA) is 67.6 Å². The molecule has 2 aromatic carbocycles. The van der Waals surface area contributed by atoms with E-state index in [9.17, 15) is 4.79 Å². The number of nitrogens with zero attached hydrogens (tertiary/aromatic N) is 1. The molecule has 0 radical (unpaired) electrons. The van der Waals surface area contributed by atoms with E-state index >= 15 is 0 Å². The molecule has 0 aliphatic rings. The summed E-state index contributed by atoms with van der Waals surface area (Å²) in [6.45, 7) is 1.94.